The molecule has 30 heavy (non-hydrogen) atoms. The number of hydrogen-bond acceptors (Lipinski definition) is 5. The van der Waals surface area contributed by atoms with Crippen LogP contribution in [0.4, 0.5) is 0 Å². The minimum absolute atomic E-state index is 0.140. The first kappa shape index (κ1) is 21.1. The van der Waals surface area contributed by atoms with Gasteiger partial charge in [0, 0.05) is 11.1 Å². The number of hydrogen-bond donors (Lipinski definition) is 0. The van der Waals surface area contributed by atoms with Crippen molar-refractivity contribution in [2.45, 2.75) is 26.6 Å². The van der Waals surface area contributed by atoms with Crippen molar-refractivity contribution in [3.05, 3.63) is 95.1 Å². The van der Waals surface area contributed by atoms with E-state index in [1.165, 1.54) is 13.2 Å². The van der Waals surface area contributed by atoms with Crippen LogP contribution < -0.4 is 9.47 Å². The van der Waals surface area contributed by atoms with Gasteiger partial charge in [0.25, 0.3) is 0 Å². The standard InChI is InChI=1S/C25H24O5/c1-17(2)30-25(27)21-15-22(28-3)23(29-16-18-10-6-4-7-11-18)14-20(21)24(26)19-12-8-5-9-13-19/h4-15,17H,16H2,1-3H3. The Hall–Kier alpha value is -3.60. The van der Waals surface area contributed by atoms with E-state index in [1.54, 1.807) is 44.2 Å². The molecule has 5 heteroatoms. The van der Waals surface area contributed by atoms with Crippen molar-refractivity contribution < 1.29 is 23.8 Å². The van der Waals surface area contributed by atoms with Gasteiger partial charge in [-0.05, 0) is 31.5 Å². The Kier molecular flexibility index (Phi) is 6.86. The quantitative estimate of drug-likeness (QED) is 0.387. The van der Waals surface area contributed by atoms with Crippen LogP contribution in [0.1, 0.15) is 45.7 Å². The Balaban J connectivity index is 2.03. The fraction of sp³-hybridized carbons (Fsp3) is 0.200. The van der Waals surface area contributed by atoms with Gasteiger partial charge in [-0.1, -0.05) is 60.7 Å². The van der Waals surface area contributed by atoms with Crippen molar-refractivity contribution in [1.82, 2.24) is 0 Å². The molecular weight excluding hydrogens is 380 g/mol. The number of carbonyl (C=O) groups excluding carboxylic acids is 2. The summed E-state index contributed by atoms with van der Waals surface area (Å²) in [4.78, 5) is 25.9. The van der Waals surface area contributed by atoms with E-state index in [1.807, 2.05) is 36.4 Å². The van der Waals surface area contributed by atoms with Crippen molar-refractivity contribution in [3.63, 3.8) is 0 Å². The first-order valence-corrected chi connectivity index (χ1v) is 9.69. The molecule has 0 aromatic heterocycles. The zero-order valence-electron chi connectivity index (χ0n) is 17.3. The van der Waals surface area contributed by atoms with Gasteiger partial charge in [-0.3, -0.25) is 4.79 Å². The van der Waals surface area contributed by atoms with E-state index in [2.05, 4.69) is 0 Å². The molecule has 0 amide bonds. The minimum Gasteiger partial charge on any atom is -0.493 e. The lowest BCUT2D eigenvalue weighted by Crippen LogP contribution is -2.17. The maximum absolute atomic E-state index is 13.2. The molecule has 0 atom stereocenters. The summed E-state index contributed by atoms with van der Waals surface area (Å²) in [6, 6.07) is 21.5. The molecule has 5 nitrogen and oxygen atoms in total. The van der Waals surface area contributed by atoms with Gasteiger partial charge in [0.05, 0.1) is 18.8 Å². The molecule has 3 rings (SSSR count). The van der Waals surface area contributed by atoms with E-state index in [-0.39, 0.29) is 23.0 Å². The summed E-state index contributed by atoms with van der Waals surface area (Å²) >= 11 is 0. The molecular formula is C25H24O5. The number of rotatable bonds is 8. The van der Waals surface area contributed by atoms with Crippen molar-refractivity contribution >= 4 is 11.8 Å². The van der Waals surface area contributed by atoms with Crippen molar-refractivity contribution in [3.8, 4) is 11.5 Å². The lowest BCUT2D eigenvalue weighted by molar-refractivity contribution is 0.0375. The highest BCUT2D eigenvalue weighted by atomic mass is 16.5. The molecule has 0 radical (unpaired) electrons. The predicted molar refractivity (Wildman–Crippen MR) is 114 cm³/mol. The number of esters is 1. The third-order valence-electron chi connectivity index (χ3n) is 4.38. The zero-order chi connectivity index (χ0) is 21.5. The van der Waals surface area contributed by atoms with Crippen LogP contribution in [0.3, 0.4) is 0 Å². The summed E-state index contributed by atoms with van der Waals surface area (Å²) < 4.78 is 16.7. The van der Waals surface area contributed by atoms with Crippen LogP contribution in [0.15, 0.2) is 72.8 Å². The van der Waals surface area contributed by atoms with Crippen molar-refractivity contribution in [1.29, 1.82) is 0 Å². The predicted octanol–water partition coefficient (Wildman–Crippen LogP) is 5.07. The minimum atomic E-state index is -0.586. The second-order valence-corrected chi connectivity index (χ2v) is 6.97. The molecule has 0 bridgehead atoms. The number of carbonyl (C=O) groups is 2. The molecule has 3 aromatic rings. The monoisotopic (exact) mass is 404 g/mol. The Morgan fingerprint density at radius 3 is 2.03 bits per heavy atom. The van der Waals surface area contributed by atoms with Crippen molar-refractivity contribution in [2.24, 2.45) is 0 Å². The molecule has 0 aliphatic heterocycles. The fourth-order valence-electron chi connectivity index (χ4n) is 2.95. The van der Waals surface area contributed by atoms with E-state index in [9.17, 15) is 9.59 Å². The molecule has 0 aliphatic rings. The first-order valence-electron chi connectivity index (χ1n) is 9.69. The highest BCUT2D eigenvalue weighted by Crippen LogP contribution is 2.33. The number of methoxy groups -OCH3 is 1. The molecule has 0 aliphatic carbocycles. The molecule has 154 valence electrons. The van der Waals surface area contributed by atoms with E-state index in [0.717, 1.165) is 5.56 Å². The number of ether oxygens (including phenoxy) is 3. The maximum Gasteiger partial charge on any atom is 0.339 e. The number of benzene rings is 3. The Labute approximate surface area is 176 Å². The first-order chi connectivity index (χ1) is 14.5. The van der Waals surface area contributed by atoms with Crippen molar-refractivity contribution in [2.75, 3.05) is 7.11 Å². The lowest BCUT2D eigenvalue weighted by atomic mass is 9.97. The molecule has 3 aromatic carbocycles. The normalized spacial score (nSPS) is 10.5. The van der Waals surface area contributed by atoms with Crippen LogP contribution in [0.2, 0.25) is 0 Å². The van der Waals surface area contributed by atoms with Crippen LogP contribution in [-0.4, -0.2) is 25.0 Å². The second kappa shape index (κ2) is 9.74. The Morgan fingerprint density at radius 1 is 0.833 bits per heavy atom. The fourth-order valence-corrected chi connectivity index (χ4v) is 2.95. The molecule has 0 unspecified atom stereocenters. The average Bonchev–Trinajstić information content (AvgIpc) is 2.77. The van der Waals surface area contributed by atoms with E-state index in [4.69, 9.17) is 14.2 Å². The highest BCUT2D eigenvalue weighted by molar-refractivity contribution is 6.15. The van der Waals surface area contributed by atoms with Gasteiger partial charge in [0.1, 0.15) is 6.61 Å². The molecule has 0 saturated carbocycles. The van der Waals surface area contributed by atoms with Gasteiger partial charge < -0.3 is 14.2 Å². The number of ketones is 1. The second-order valence-electron chi connectivity index (χ2n) is 6.97. The van der Waals surface area contributed by atoms with E-state index in [0.29, 0.717) is 23.7 Å². The topological polar surface area (TPSA) is 61.8 Å². The Bertz CT molecular complexity index is 1010. The van der Waals surface area contributed by atoms with E-state index < -0.39 is 5.97 Å². The van der Waals surface area contributed by atoms with Gasteiger partial charge in [-0.25, -0.2) is 4.79 Å². The molecule has 0 fully saturated rings. The van der Waals surface area contributed by atoms with Gasteiger partial charge in [0.15, 0.2) is 17.3 Å². The Morgan fingerprint density at radius 2 is 1.43 bits per heavy atom. The van der Waals surface area contributed by atoms with Gasteiger partial charge >= 0.3 is 5.97 Å². The van der Waals surface area contributed by atoms with Crippen LogP contribution in [0.25, 0.3) is 0 Å². The van der Waals surface area contributed by atoms with Crippen LogP contribution in [-0.2, 0) is 11.3 Å². The molecule has 0 saturated heterocycles. The summed E-state index contributed by atoms with van der Waals surface area (Å²) in [5.41, 5.74) is 1.78. The smallest absolute Gasteiger partial charge is 0.339 e. The molecule has 0 spiro atoms. The van der Waals surface area contributed by atoms with Gasteiger partial charge in [0.2, 0.25) is 0 Å². The van der Waals surface area contributed by atoms with Gasteiger partial charge in [-0.2, -0.15) is 0 Å². The largest absolute Gasteiger partial charge is 0.493 e. The third kappa shape index (κ3) is 5.06. The summed E-state index contributed by atoms with van der Waals surface area (Å²) in [6.07, 6.45) is -0.322. The molecule has 0 N–H and O–H groups in total. The van der Waals surface area contributed by atoms with Crippen LogP contribution in [0, 0.1) is 0 Å². The van der Waals surface area contributed by atoms with Crippen LogP contribution in [0.5, 0.6) is 11.5 Å². The maximum atomic E-state index is 13.2. The third-order valence-corrected chi connectivity index (χ3v) is 4.38. The van der Waals surface area contributed by atoms with Gasteiger partial charge in [-0.15, -0.1) is 0 Å². The highest BCUT2D eigenvalue weighted by Gasteiger charge is 2.24. The van der Waals surface area contributed by atoms with Crippen LogP contribution >= 0.6 is 0 Å². The molecule has 0 heterocycles. The average molecular weight is 404 g/mol. The summed E-state index contributed by atoms with van der Waals surface area (Å²) in [7, 11) is 1.49. The van der Waals surface area contributed by atoms with E-state index >= 15 is 0 Å². The SMILES string of the molecule is COc1cc(C(=O)OC(C)C)c(C(=O)c2ccccc2)cc1OCc1ccccc1. The summed E-state index contributed by atoms with van der Waals surface area (Å²) in [6.45, 7) is 3.81. The zero-order valence-corrected chi connectivity index (χ0v) is 17.3. The summed E-state index contributed by atoms with van der Waals surface area (Å²) in [5, 5.41) is 0. The lowest BCUT2D eigenvalue weighted by Gasteiger charge is -2.16. The summed E-state index contributed by atoms with van der Waals surface area (Å²) in [5.74, 6) is -0.149.